The number of fused-ring (bicyclic) bond motifs is 1. The van der Waals surface area contributed by atoms with Gasteiger partial charge in [-0.1, -0.05) is 23.2 Å². The second-order valence-corrected chi connectivity index (χ2v) is 8.41. The SMILES string of the molecule is CCOC(=O)c1c(NC(=O)C(C)Oc2cc(Cl)ccc2Cl)sc2c1CCCC2. The lowest BCUT2D eigenvalue weighted by molar-refractivity contribution is -0.122. The van der Waals surface area contributed by atoms with E-state index in [0.29, 0.717) is 26.4 Å². The quantitative estimate of drug-likeness (QED) is 0.599. The maximum Gasteiger partial charge on any atom is 0.341 e. The van der Waals surface area contributed by atoms with Crippen LogP contribution in [0.3, 0.4) is 0 Å². The van der Waals surface area contributed by atoms with Crippen molar-refractivity contribution in [3.63, 3.8) is 0 Å². The molecule has 0 radical (unpaired) electrons. The number of hydrogen-bond acceptors (Lipinski definition) is 5. The average Bonchev–Trinajstić information content (AvgIpc) is 3.02. The number of carbonyl (C=O) groups excluding carboxylic acids is 2. The van der Waals surface area contributed by atoms with Crippen LogP contribution in [0.15, 0.2) is 18.2 Å². The van der Waals surface area contributed by atoms with E-state index in [4.69, 9.17) is 32.7 Å². The smallest absolute Gasteiger partial charge is 0.341 e. The summed E-state index contributed by atoms with van der Waals surface area (Å²) >= 11 is 13.5. The van der Waals surface area contributed by atoms with Crippen LogP contribution in [-0.4, -0.2) is 24.6 Å². The van der Waals surface area contributed by atoms with E-state index in [1.165, 1.54) is 11.3 Å². The van der Waals surface area contributed by atoms with Crippen LogP contribution in [-0.2, 0) is 22.4 Å². The Hall–Kier alpha value is -1.76. The zero-order chi connectivity index (χ0) is 20.3. The summed E-state index contributed by atoms with van der Waals surface area (Å²) in [5.74, 6) is -0.447. The molecule has 1 aliphatic rings. The second kappa shape index (κ2) is 9.16. The second-order valence-electron chi connectivity index (χ2n) is 6.46. The van der Waals surface area contributed by atoms with Gasteiger partial charge in [0.25, 0.3) is 5.91 Å². The van der Waals surface area contributed by atoms with Crippen molar-refractivity contribution in [2.75, 3.05) is 11.9 Å². The molecule has 1 aromatic carbocycles. The first-order valence-corrected chi connectivity index (χ1v) is 10.7. The largest absolute Gasteiger partial charge is 0.479 e. The van der Waals surface area contributed by atoms with Crippen LogP contribution in [0.25, 0.3) is 0 Å². The molecule has 28 heavy (non-hydrogen) atoms. The van der Waals surface area contributed by atoms with Crippen molar-refractivity contribution in [1.29, 1.82) is 0 Å². The van der Waals surface area contributed by atoms with Gasteiger partial charge in [-0.2, -0.15) is 0 Å². The Kier molecular flexibility index (Phi) is 6.86. The molecular weight excluding hydrogens is 421 g/mol. The van der Waals surface area contributed by atoms with Gasteiger partial charge in [-0.25, -0.2) is 4.79 Å². The van der Waals surface area contributed by atoms with Crippen LogP contribution in [0, 0.1) is 0 Å². The van der Waals surface area contributed by atoms with E-state index >= 15 is 0 Å². The third-order valence-electron chi connectivity index (χ3n) is 4.45. The molecule has 0 fully saturated rings. The molecule has 0 spiro atoms. The molecule has 1 heterocycles. The number of carbonyl (C=O) groups is 2. The molecule has 3 rings (SSSR count). The van der Waals surface area contributed by atoms with Gasteiger partial charge in [-0.15, -0.1) is 11.3 Å². The van der Waals surface area contributed by atoms with E-state index in [0.717, 1.165) is 36.1 Å². The topological polar surface area (TPSA) is 64.6 Å². The molecule has 1 unspecified atom stereocenters. The van der Waals surface area contributed by atoms with Crippen LogP contribution >= 0.6 is 34.5 Å². The number of benzene rings is 1. The van der Waals surface area contributed by atoms with Crippen molar-refractivity contribution in [2.45, 2.75) is 45.6 Å². The van der Waals surface area contributed by atoms with Gasteiger partial charge in [0.2, 0.25) is 0 Å². The van der Waals surface area contributed by atoms with Crippen molar-refractivity contribution >= 4 is 51.4 Å². The molecule has 1 aromatic heterocycles. The van der Waals surface area contributed by atoms with Gasteiger partial charge in [-0.05, 0) is 57.2 Å². The van der Waals surface area contributed by atoms with E-state index in [-0.39, 0.29) is 12.5 Å². The summed E-state index contributed by atoms with van der Waals surface area (Å²) in [5.41, 5.74) is 1.47. The summed E-state index contributed by atoms with van der Waals surface area (Å²) in [7, 11) is 0. The molecule has 1 aliphatic carbocycles. The highest BCUT2D eigenvalue weighted by molar-refractivity contribution is 7.17. The third kappa shape index (κ3) is 4.62. The Bertz CT molecular complexity index is 897. The molecule has 2 aromatic rings. The molecule has 8 heteroatoms. The first kappa shape index (κ1) is 21.0. The molecule has 1 atom stereocenters. The molecular formula is C20H21Cl2NO4S. The molecule has 0 aliphatic heterocycles. The number of anilines is 1. The highest BCUT2D eigenvalue weighted by Crippen LogP contribution is 2.39. The van der Waals surface area contributed by atoms with Gasteiger partial charge in [0.15, 0.2) is 6.10 Å². The highest BCUT2D eigenvalue weighted by atomic mass is 35.5. The number of aryl methyl sites for hydroxylation is 1. The normalized spacial score (nSPS) is 14.1. The Morgan fingerprint density at radius 1 is 1.25 bits per heavy atom. The minimum absolute atomic E-state index is 0.281. The summed E-state index contributed by atoms with van der Waals surface area (Å²) in [6.07, 6.45) is 3.00. The summed E-state index contributed by atoms with van der Waals surface area (Å²) in [6.45, 7) is 3.66. The van der Waals surface area contributed by atoms with Crippen LogP contribution < -0.4 is 10.1 Å². The van der Waals surface area contributed by atoms with Crippen molar-refractivity contribution < 1.29 is 19.1 Å². The van der Waals surface area contributed by atoms with Gasteiger partial charge in [0, 0.05) is 16.0 Å². The van der Waals surface area contributed by atoms with E-state index < -0.39 is 12.1 Å². The zero-order valence-corrected chi connectivity index (χ0v) is 18.0. The van der Waals surface area contributed by atoms with Gasteiger partial charge in [0.1, 0.15) is 10.8 Å². The summed E-state index contributed by atoms with van der Waals surface area (Å²) < 4.78 is 10.9. The standard InChI is InChI=1S/C20H21Cl2NO4S/c1-3-26-20(25)17-13-6-4-5-7-16(13)28-19(17)23-18(24)11(2)27-15-10-12(21)8-9-14(15)22/h8-11H,3-7H2,1-2H3,(H,23,24). The Balaban J connectivity index is 1.80. The molecule has 1 N–H and O–H groups in total. The zero-order valence-electron chi connectivity index (χ0n) is 15.6. The number of thiophene rings is 1. The first-order chi connectivity index (χ1) is 13.4. The van der Waals surface area contributed by atoms with E-state index in [1.807, 2.05) is 0 Å². The lowest BCUT2D eigenvalue weighted by atomic mass is 9.95. The number of amides is 1. The van der Waals surface area contributed by atoms with E-state index in [1.54, 1.807) is 32.0 Å². The molecule has 0 saturated heterocycles. The fourth-order valence-electron chi connectivity index (χ4n) is 3.10. The Morgan fingerprint density at radius 3 is 2.75 bits per heavy atom. The summed E-state index contributed by atoms with van der Waals surface area (Å²) in [6, 6.07) is 4.81. The maximum absolute atomic E-state index is 12.7. The minimum atomic E-state index is -0.829. The molecule has 1 amide bonds. The van der Waals surface area contributed by atoms with Crippen molar-refractivity contribution in [1.82, 2.24) is 0 Å². The summed E-state index contributed by atoms with van der Waals surface area (Å²) in [5, 5.41) is 4.18. The molecule has 5 nitrogen and oxygen atoms in total. The predicted octanol–water partition coefficient (Wildman–Crippen LogP) is 5.52. The number of esters is 1. The number of halogens is 2. The fraction of sp³-hybridized carbons (Fsp3) is 0.400. The summed E-state index contributed by atoms with van der Waals surface area (Å²) in [4.78, 5) is 26.3. The number of nitrogens with one attached hydrogen (secondary N) is 1. The average molecular weight is 442 g/mol. The maximum atomic E-state index is 12.7. The molecule has 150 valence electrons. The van der Waals surface area contributed by atoms with Crippen LogP contribution in [0.4, 0.5) is 5.00 Å². The third-order valence-corrected chi connectivity index (χ3v) is 6.21. The van der Waals surface area contributed by atoms with E-state index in [2.05, 4.69) is 5.32 Å². The predicted molar refractivity (Wildman–Crippen MR) is 112 cm³/mol. The number of ether oxygens (including phenoxy) is 2. The van der Waals surface area contributed by atoms with Crippen LogP contribution in [0.2, 0.25) is 10.0 Å². The Morgan fingerprint density at radius 2 is 2.00 bits per heavy atom. The monoisotopic (exact) mass is 441 g/mol. The first-order valence-electron chi connectivity index (χ1n) is 9.15. The minimum Gasteiger partial charge on any atom is -0.479 e. The lowest BCUT2D eigenvalue weighted by Crippen LogP contribution is -2.30. The highest BCUT2D eigenvalue weighted by Gasteiger charge is 2.28. The van der Waals surface area contributed by atoms with E-state index in [9.17, 15) is 9.59 Å². The molecule has 0 saturated carbocycles. The fourth-order valence-corrected chi connectivity index (χ4v) is 4.70. The number of rotatable bonds is 6. The van der Waals surface area contributed by atoms with Crippen LogP contribution in [0.5, 0.6) is 5.75 Å². The van der Waals surface area contributed by atoms with Gasteiger partial charge < -0.3 is 14.8 Å². The van der Waals surface area contributed by atoms with Gasteiger partial charge in [0.05, 0.1) is 17.2 Å². The van der Waals surface area contributed by atoms with Crippen molar-refractivity contribution in [3.8, 4) is 5.75 Å². The van der Waals surface area contributed by atoms with Gasteiger partial charge in [-0.3, -0.25) is 4.79 Å². The molecule has 0 bridgehead atoms. The Labute approximate surface area is 177 Å². The number of hydrogen-bond donors (Lipinski definition) is 1. The van der Waals surface area contributed by atoms with Crippen molar-refractivity contribution in [3.05, 3.63) is 44.2 Å². The van der Waals surface area contributed by atoms with Crippen molar-refractivity contribution in [2.24, 2.45) is 0 Å². The van der Waals surface area contributed by atoms with Gasteiger partial charge >= 0.3 is 5.97 Å². The lowest BCUT2D eigenvalue weighted by Gasteiger charge is -2.16. The van der Waals surface area contributed by atoms with Crippen LogP contribution in [0.1, 0.15) is 47.5 Å².